The van der Waals surface area contributed by atoms with Crippen molar-refractivity contribution in [2.75, 3.05) is 18.4 Å². The van der Waals surface area contributed by atoms with Crippen molar-refractivity contribution < 1.29 is 4.92 Å². The molecule has 6 heteroatoms. The zero-order valence-corrected chi connectivity index (χ0v) is 12.0. The first-order valence-electron chi connectivity index (χ1n) is 7.08. The van der Waals surface area contributed by atoms with Crippen LogP contribution in [0.15, 0.2) is 18.2 Å². The topological polar surface area (TPSA) is 58.4 Å². The van der Waals surface area contributed by atoms with Crippen molar-refractivity contribution in [3.63, 3.8) is 0 Å². The van der Waals surface area contributed by atoms with Gasteiger partial charge in [-0.15, -0.1) is 0 Å². The third-order valence-electron chi connectivity index (χ3n) is 4.35. The lowest BCUT2D eigenvalue weighted by Gasteiger charge is -2.35. The highest BCUT2D eigenvalue weighted by Gasteiger charge is 2.32. The maximum atomic E-state index is 11.1. The molecule has 2 aliphatic heterocycles. The normalized spacial score (nSPS) is 26.2. The molecule has 0 aromatic heterocycles. The molecule has 108 valence electrons. The Balaban J connectivity index is 1.75. The summed E-state index contributed by atoms with van der Waals surface area (Å²) >= 11 is 5.94. The Bertz CT molecular complexity index is 523. The molecule has 3 rings (SSSR count). The molecule has 0 amide bonds. The van der Waals surface area contributed by atoms with Crippen LogP contribution < -0.4 is 5.32 Å². The average Bonchev–Trinajstić information content (AvgIpc) is 2.85. The van der Waals surface area contributed by atoms with Gasteiger partial charge in [0.1, 0.15) is 10.7 Å². The molecule has 0 bridgehead atoms. The van der Waals surface area contributed by atoms with Crippen molar-refractivity contribution in [1.29, 1.82) is 0 Å². The van der Waals surface area contributed by atoms with Gasteiger partial charge in [-0.25, -0.2) is 0 Å². The maximum Gasteiger partial charge on any atom is 0.310 e. The number of hydrogen-bond acceptors (Lipinski definition) is 4. The van der Waals surface area contributed by atoms with E-state index in [1.807, 2.05) is 0 Å². The number of nitro benzene ring substituents is 1. The van der Waals surface area contributed by atoms with Crippen LogP contribution in [0.5, 0.6) is 0 Å². The monoisotopic (exact) mass is 295 g/mol. The van der Waals surface area contributed by atoms with E-state index in [-0.39, 0.29) is 10.7 Å². The van der Waals surface area contributed by atoms with Crippen molar-refractivity contribution in [1.82, 2.24) is 4.90 Å². The predicted molar refractivity (Wildman–Crippen MR) is 79.3 cm³/mol. The second kappa shape index (κ2) is 5.58. The largest absolute Gasteiger partial charge is 0.377 e. The lowest BCUT2D eigenvalue weighted by Crippen LogP contribution is -2.42. The average molecular weight is 296 g/mol. The van der Waals surface area contributed by atoms with Crippen LogP contribution in [0.1, 0.15) is 25.7 Å². The van der Waals surface area contributed by atoms with Gasteiger partial charge in [0, 0.05) is 18.6 Å². The molecule has 0 saturated carbocycles. The van der Waals surface area contributed by atoms with E-state index in [1.54, 1.807) is 18.2 Å². The Morgan fingerprint density at radius 2 is 2.20 bits per heavy atom. The number of hydrogen-bond donors (Lipinski definition) is 1. The molecule has 2 fully saturated rings. The minimum Gasteiger partial charge on any atom is -0.377 e. The van der Waals surface area contributed by atoms with Crippen molar-refractivity contribution >= 4 is 23.0 Å². The van der Waals surface area contributed by atoms with Crippen LogP contribution in [0.2, 0.25) is 5.02 Å². The molecule has 20 heavy (non-hydrogen) atoms. The summed E-state index contributed by atoms with van der Waals surface area (Å²) < 4.78 is 0. The molecule has 0 spiro atoms. The first-order chi connectivity index (χ1) is 9.65. The zero-order chi connectivity index (χ0) is 14.1. The van der Waals surface area contributed by atoms with E-state index in [0.717, 1.165) is 19.4 Å². The van der Waals surface area contributed by atoms with Gasteiger partial charge in [0.15, 0.2) is 0 Å². The van der Waals surface area contributed by atoms with E-state index in [1.165, 1.54) is 19.4 Å². The fourth-order valence-electron chi connectivity index (χ4n) is 3.39. The SMILES string of the molecule is O=[N+]([O-])c1c(Cl)cccc1NC1CCN2CCCC2C1. The van der Waals surface area contributed by atoms with Crippen LogP contribution in [-0.2, 0) is 0 Å². The quantitative estimate of drug-likeness (QED) is 0.687. The molecular formula is C14H18ClN3O2. The van der Waals surface area contributed by atoms with Gasteiger partial charge < -0.3 is 10.2 Å². The van der Waals surface area contributed by atoms with Crippen LogP contribution in [0.25, 0.3) is 0 Å². The highest BCUT2D eigenvalue weighted by Crippen LogP contribution is 2.35. The second-order valence-electron chi connectivity index (χ2n) is 5.59. The van der Waals surface area contributed by atoms with E-state index < -0.39 is 4.92 Å². The van der Waals surface area contributed by atoms with Gasteiger partial charge in [0.25, 0.3) is 0 Å². The van der Waals surface area contributed by atoms with Crippen LogP contribution in [0.3, 0.4) is 0 Å². The fourth-order valence-corrected chi connectivity index (χ4v) is 3.64. The molecule has 2 aliphatic rings. The molecule has 2 atom stereocenters. The van der Waals surface area contributed by atoms with Crippen molar-refractivity contribution in [3.05, 3.63) is 33.3 Å². The lowest BCUT2D eigenvalue weighted by molar-refractivity contribution is -0.383. The number of para-hydroxylation sites is 1. The summed E-state index contributed by atoms with van der Waals surface area (Å²) in [7, 11) is 0. The predicted octanol–water partition coefficient (Wildman–Crippen LogP) is 3.29. The van der Waals surface area contributed by atoms with E-state index >= 15 is 0 Å². The van der Waals surface area contributed by atoms with Crippen molar-refractivity contribution in [2.45, 2.75) is 37.8 Å². The van der Waals surface area contributed by atoms with E-state index in [4.69, 9.17) is 11.6 Å². The molecule has 2 saturated heterocycles. The van der Waals surface area contributed by atoms with Crippen LogP contribution in [-0.4, -0.2) is 35.0 Å². The van der Waals surface area contributed by atoms with Gasteiger partial charge >= 0.3 is 5.69 Å². The third kappa shape index (κ3) is 2.60. The number of nitrogens with zero attached hydrogens (tertiary/aromatic N) is 2. The molecule has 0 radical (unpaired) electrons. The summed E-state index contributed by atoms with van der Waals surface area (Å²) in [6, 6.07) is 5.99. The number of halogens is 1. The van der Waals surface area contributed by atoms with Gasteiger partial charge in [-0.3, -0.25) is 10.1 Å². The molecule has 2 unspecified atom stereocenters. The summed E-state index contributed by atoms with van der Waals surface area (Å²) in [4.78, 5) is 13.3. The summed E-state index contributed by atoms with van der Waals surface area (Å²) in [6.45, 7) is 2.28. The molecule has 1 aromatic carbocycles. The highest BCUT2D eigenvalue weighted by molar-refractivity contribution is 6.33. The van der Waals surface area contributed by atoms with Crippen molar-refractivity contribution in [2.24, 2.45) is 0 Å². The summed E-state index contributed by atoms with van der Waals surface area (Å²) in [5.74, 6) is 0. The maximum absolute atomic E-state index is 11.1. The number of nitrogens with one attached hydrogen (secondary N) is 1. The minimum atomic E-state index is -0.407. The van der Waals surface area contributed by atoms with E-state index in [2.05, 4.69) is 10.2 Å². The standard InChI is InChI=1S/C14H18ClN3O2/c15-12-4-1-5-13(14(12)18(19)20)16-10-6-8-17-7-2-3-11(17)9-10/h1,4-5,10-11,16H,2-3,6-9H2. The molecule has 1 N–H and O–H groups in total. The Morgan fingerprint density at radius 3 is 3.00 bits per heavy atom. The Labute approximate surface area is 123 Å². The van der Waals surface area contributed by atoms with Gasteiger partial charge in [-0.2, -0.15) is 0 Å². The molecule has 1 aromatic rings. The summed E-state index contributed by atoms with van der Waals surface area (Å²) in [6.07, 6.45) is 4.61. The number of fused-ring (bicyclic) bond motifs is 1. The number of nitro groups is 1. The second-order valence-corrected chi connectivity index (χ2v) is 6.00. The van der Waals surface area contributed by atoms with Crippen molar-refractivity contribution in [3.8, 4) is 0 Å². The van der Waals surface area contributed by atoms with Gasteiger partial charge in [0.05, 0.1) is 4.92 Å². The van der Waals surface area contributed by atoms with Crippen LogP contribution in [0, 0.1) is 10.1 Å². The van der Waals surface area contributed by atoms with Gasteiger partial charge in [-0.05, 0) is 44.4 Å². The number of piperidine rings is 1. The van der Waals surface area contributed by atoms with Crippen LogP contribution in [0.4, 0.5) is 11.4 Å². The smallest absolute Gasteiger partial charge is 0.310 e. The third-order valence-corrected chi connectivity index (χ3v) is 4.65. The number of benzene rings is 1. The Morgan fingerprint density at radius 1 is 1.35 bits per heavy atom. The molecule has 5 nitrogen and oxygen atoms in total. The Kier molecular flexibility index (Phi) is 3.81. The minimum absolute atomic E-state index is 0.0111. The van der Waals surface area contributed by atoms with E-state index in [0.29, 0.717) is 17.8 Å². The molecule has 2 heterocycles. The van der Waals surface area contributed by atoms with Gasteiger partial charge in [-0.1, -0.05) is 17.7 Å². The Hall–Kier alpha value is -1.33. The number of rotatable bonds is 3. The summed E-state index contributed by atoms with van der Waals surface area (Å²) in [5, 5.41) is 14.7. The first kappa shape index (κ1) is 13.6. The lowest BCUT2D eigenvalue weighted by atomic mass is 9.97. The fraction of sp³-hybridized carbons (Fsp3) is 0.571. The number of anilines is 1. The first-order valence-corrected chi connectivity index (χ1v) is 7.46. The van der Waals surface area contributed by atoms with Gasteiger partial charge in [0.2, 0.25) is 0 Å². The van der Waals surface area contributed by atoms with Crippen LogP contribution >= 0.6 is 11.6 Å². The summed E-state index contributed by atoms with van der Waals surface area (Å²) in [5.41, 5.74) is 0.530. The molecule has 0 aliphatic carbocycles. The zero-order valence-electron chi connectivity index (χ0n) is 11.2. The highest BCUT2D eigenvalue weighted by atomic mass is 35.5. The van der Waals surface area contributed by atoms with E-state index in [9.17, 15) is 10.1 Å². The molecular weight excluding hydrogens is 278 g/mol.